The number of fused-ring (bicyclic) bond motifs is 7. The Morgan fingerprint density at radius 1 is 0.887 bits per heavy atom. The molecule has 3 fully saturated rings. The number of hydrogen-bond acceptors (Lipinski definition) is 9. The standard InChI is InChI=1S/C49H58N4O8S/c1-48-20-18-31(24-29(48)8-12-35-39-16-17-43(56)49(39,2)21-19-40(35)48)53-60-28-44(57)50-22-6-4-3-5-7-23-51-47(62)52-30-9-13-34(38(25-30)46(58)59)45-36-14-10-32(54)26-41(36)61-42-27-33(55)11-15-37(42)45/h9-11,13-15,24-27,35,39-40,43,54,56H,3-8,12,16-23,28H2,1-2H3,(H,50,57)(H,58,59)(H2,51,52,62)/b53-31-/t35-,39-,40-,43-,48-,49-/m0/s1. The van der Waals surface area contributed by atoms with Crippen molar-refractivity contribution in [1.29, 1.82) is 0 Å². The van der Waals surface area contributed by atoms with Gasteiger partial charge in [-0.1, -0.05) is 49.9 Å². The smallest absolute Gasteiger partial charge is 0.336 e. The van der Waals surface area contributed by atoms with Gasteiger partial charge in [0.05, 0.1) is 17.4 Å². The number of phenols is 1. The van der Waals surface area contributed by atoms with Gasteiger partial charge in [-0.2, -0.15) is 0 Å². The van der Waals surface area contributed by atoms with Gasteiger partial charge in [-0.25, -0.2) is 4.79 Å². The van der Waals surface area contributed by atoms with E-state index in [4.69, 9.17) is 21.5 Å². The number of aliphatic hydroxyl groups is 1. The van der Waals surface area contributed by atoms with Crippen LogP contribution in [0.5, 0.6) is 5.75 Å². The summed E-state index contributed by atoms with van der Waals surface area (Å²) in [4.78, 5) is 42.7. The van der Waals surface area contributed by atoms with Crippen LogP contribution < -0.4 is 21.4 Å². The first-order valence-corrected chi connectivity index (χ1v) is 22.7. The molecular formula is C49H58N4O8S. The number of amides is 1. The number of anilines is 1. The van der Waals surface area contributed by atoms with E-state index in [1.165, 1.54) is 48.7 Å². The molecule has 6 N–H and O–H groups in total. The Hall–Kier alpha value is -5.27. The number of thiocarbonyl (C=S) groups is 1. The average Bonchev–Trinajstić information content (AvgIpc) is 3.55. The minimum Gasteiger partial charge on any atom is -0.508 e. The molecule has 1 aliphatic heterocycles. The van der Waals surface area contributed by atoms with Crippen LogP contribution in [0.1, 0.15) is 108 Å². The quantitative estimate of drug-likeness (QED) is 0.0308. The van der Waals surface area contributed by atoms with Gasteiger partial charge in [0, 0.05) is 47.4 Å². The number of carbonyl (C=O) groups excluding carboxylic acids is 1. The fourth-order valence-corrected chi connectivity index (χ4v) is 11.6. The highest BCUT2D eigenvalue weighted by atomic mass is 32.1. The number of oxime groups is 1. The Balaban J connectivity index is 0.728. The molecule has 5 aliphatic carbocycles. The summed E-state index contributed by atoms with van der Waals surface area (Å²) in [6, 6.07) is 13.9. The number of aliphatic hydroxyl groups excluding tert-OH is 1. The highest BCUT2D eigenvalue weighted by Crippen LogP contribution is 2.65. The molecule has 6 atom stereocenters. The fraction of sp³-hybridized carbons (Fsp3) is 0.490. The van der Waals surface area contributed by atoms with Gasteiger partial charge in [-0.05, 0) is 153 Å². The van der Waals surface area contributed by atoms with E-state index in [-0.39, 0.29) is 52.0 Å². The van der Waals surface area contributed by atoms with Crippen LogP contribution in [-0.4, -0.2) is 63.8 Å². The van der Waals surface area contributed by atoms with Crippen molar-refractivity contribution >= 4 is 51.6 Å². The number of carbonyl (C=O) groups is 2. The molecule has 2 aromatic rings. The molecule has 1 amide bonds. The van der Waals surface area contributed by atoms with Gasteiger partial charge < -0.3 is 40.5 Å². The van der Waals surface area contributed by atoms with Crippen LogP contribution in [0.3, 0.4) is 0 Å². The van der Waals surface area contributed by atoms with Crippen LogP contribution in [0.15, 0.2) is 80.6 Å². The van der Waals surface area contributed by atoms with Crippen molar-refractivity contribution in [3.8, 4) is 28.2 Å². The van der Waals surface area contributed by atoms with Crippen LogP contribution in [-0.2, 0) is 9.63 Å². The van der Waals surface area contributed by atoms with Gasteiger partial charge in [0.1, 0.15) is 17.1 Å². The SMILES string of the molecule is C[C@]12CC[C@H]3[C@@H](CCC4=C/C(=N\OCC(=O)NCCCCCCCNC(=S)Nc5ccc(-c6c7ccc(=O)cc-7oc7cc(O)ccc67)c(C(=O)O)c5)CC[C@@]43C)[C@@H]1CC[C@@H]2O. The number of nitrogens with one attached hydrogen (secondary N) is 3. The molecule has 6 aliphatic rings. The molecular weight excluding hydrogens is 805 g/mol. The third kappa shape index (κ3) is 8.83. The van der Waals surface area contributed by atoms with Crippen LogP contribution >= 0.6 is 12.2 Å². The van der Waals surface area contributed by atoms with E-state index in [9.17, 15) is 29.7 Å². The zero-order valence-corrected chi connectivity index (χ0v) is 36.5. The molecule has 0 bridgehead atoms. The number of aromatic carboxylic acids is 1. The van der Waals surface area contributed by atoms with E-state index in [1.807, 2.05) is 0 Å². The lowest BCUT2D eigenvalue weighted by atomic mass is 9.47. The number of aromatic hydroxyl groups is 1. The lowest BCUT2D eigenvalue weighted by Crippen LogP contribution is -2.51. The van der Waals surface area contributed by atoms with Gasteiger partial charge in [0.2, 0.25) is 0 Å². The van der Waals surface area contributed by atoms with E-state index in [0.717, 1.165) is 76.3 Å². The minimum absolute atomic E-state index is 0.0189. The molecule has 328 valence electrons. The van der Waals surface area contributed by atoms with Gasteiger partial charge >= 0.3 is 5.97 Å². The van der Waals surface area contributed by atoms with Crippen LogP contribution in [0.4, 0.5) is 5.69 Å². The minimum atomic E-state index is -1.14. The number of allylic oxidation sites excluding steroid dienone is 2. The molecule has 2 aromatic carbocycles. The summed E-state index contributed by atoms with van der Waals surface area (Å²) in [7, 11) is 0. The summed E-state index contributed by atoms with van der Waals surface area (Å²) < 4.78 is 5.92. The predicted molar refractivity (Wildman–Crippen MR) is 245 cm³/mol. The van der Waals surface area contributed by atoms with Crippen LogP contribution in [0.25, 0.3) is 33.4 Å². The van der Waals surface area contributed by atoms with Crippen molar-refractivity contribution in [2.75, 3.05) is 25.0 Å². The van der Waals surface area contributed by atoms with E-state index >= 15 is 0 Å². The molecule has 3 saturated carbocycles. The summed E-state index contributed by atoms with van der Waals surface area (Å²) in [5, 5.41) is 45.7. The number of rotatable bonds is 14. The number of phenolic OH excluding ortho intramolecular Hbond substituents is 1. The third-order valence-corrected chi connectivity index (χ3v) is 15.0. The van der Waals surface area contributed by atoms with E-state index in [2.05, 4.69) is 41.0 Å². The topological polar surface area (TPSA) is 183 Å². The van der Waals surface area contributed by atoms with Crippen molar-refractivity contribution in [3.63, 3.8) is 0 Å². The number of hydrogen-bond donors (Lipinski definition) is 6. The molecule has 12 nitrogen and oxygen atoms in total. The van der Waals surface area contributed by atoms with Gasteiger partial charge in [0.25, 0.3) is 5.91 Å². The molecule has 0 saturated heterocycles. The second kappa shape index (κ2) is 18.2. The summed E-state index contributed by atoms with van der Waals surface area (Å²) in [5.74, 6) is 0.971. The summed E-state index contributed by atoms with van der Waals surface area (Å²) in [6.45, 7) is 5.93. The first kappa shape index (κ1) is 43.4. The Morgan fingerprint density at radius 3 is 2.47 bits per heavy atom. The van der Waals surface area contributed by atoms with Crippen LogP contribution in [0.2, 0.25) is 0 Å². The van der Waals surface area contributed by atoms with E-state index in [1.54, 1.807) is 24.3 Å². The van der Waals surface area contributed by atoms with Crippen LogP contribution in [0, 0.1) is 28.6 Å². The summed E-state index contributed by atoms with van der Waals surface area (Å²) >= 11 is 5.51. The van der Waals surface area contributed by atoms with Crippen molar-refractivity contribution in [1.82, 2.24) is 10.6 Å². The second-order valence-corrected chi connectivity index (χ2v) is 18.8. The normalized spacial score (nSPS) is 26.0. The average molecular weight is 863 g/mol. The number of nitrogens with zero attached hydrogens (tertiary/aromatic N) is 1. The Kier molecular flexibility index (Phi) is 12.7. The summed E-state index contributed by atoms with van der Waals surface area (Å²) in [6.07, 6.45) is 15.5. The predicted octanol–water partition coefficient (Wildman–Crippen LogP) is 9.02. The van der Waals surface area contributed by atoms with Crippen molar-refractivity contribution in [3.05, 3.63) is 82.0 Å². The molecule has 0 aromatic heterocycles. The van der Waals surface area contributed by atoms with Crippen molar-refractivity contribution < 1.29 is 34.2 Å². The second-order valence-electron chi connectivity index (χ2n) is 18.4. The number of carboxylic acids is 1. The largest absolute Gasteiger partial charge is 0.508 e. The molecule has 0 spiro atoms. The first-order chi connectivity index (χ1) is 29.8. The first-order valence-electron chi connectivity index (χ1n) is 22.3. The van der Waals surface area contributed by atoms with Crippen molar-refractivity contribution in [2.45, 2.75) is 103 Å². The number of carboxylic acid groups (broad SMARTS) is 1. The summed E-state index contributed by atoms with van der Waals surface area (Å²) in [5.41, 5.74) is 4.88. The van der Waals surface area contributed by atoms with Gasteiger partial charge in [0.15, 0.2) is 17.1 Å². The number of unbranched alkanes of at least 4 members (excludes halogenated alkanes) is 4. The highest BCUT2D eigenvalue weighted by molar-refractivity contribution is 7.80. The van der Waals surface area contributed by atoms with E-state index in [0.29, 0.717) is 69.3 Å². The third-order valence-electron chi connectivity index (χ3n) is 14.7. The lowest BCUT2D eigenvalue weighted by molar-refractivity contribution is -0.125. The Labute approximate surface area is 367 Å². The maximum atomic E-state index is 12.6. The maximum absolute atomic E-state index is 12.6. The Morgan fingerprint density at radius 2 is 1.66 bits per heavy atom. The molecule has 8 rings (SSSR count). The van der Waals surface area contributed by atoms with Gasteiger partial charge in [-0.15, -0.1) is 0 Å². The highest BCUT2D eigenvalue weighted by Gasteiger charge is 2.58. The molecule has 62 heavy (non-hydrogen) atoms. The number of benzene rings is 3. The fourth-order valence-electron chi connectivity index (χ4n) is 11.4. The maximum Gasteiger partial charge on any atom is 0.336 e. The zero-order chi connectivity index (χ0) is 43.6. The molecule has 13 heteroatoms. The lowest BCUT2D eigenvalue weighted by Gasteiger charge is -2.57. The zero-order valence-electron chi connectivity index (χ0n) is 35.6. The molecule has 1 heterocycles. The van der Waals surface area contributed by atoms with Gasteiger partial charge in [-0.3, -0.25) is 9.59 Å². The van der Waals surface area contributed by atoms with Crippen molar-refractivity contribution in [2.24, 2.45) is 33.7 Å². The monoisotopic (exact) mass is 862 g/mol. The van der Waals surface area contributed by atoms with E-state index < -0.39 is 5.97 Å². The Bertz CT molecular complexity index is 2450. The molecule has 0 unspecified atom stereocenters. The molecule has 0 radical (unpaired) electrons.